The lowest BCUT2D eigenvalue weighted by Crippen LogP contribution is -2.22. The number of carbonyl (C=O) groups excluding carboxylic acids is 1. The van der Waals surface area contributed by atoms with Gasteiger partial charge in [0, 0.05) is 18.6 Å². The predicted molar refractivity (Wildman–Crippen MR) is 67.1 cm³/mol. The molecule has 1 aromatic rings. The van der Waals surface area contributed by atoms with Crippen molar-refractivity contribution in [3.05, 3.63) is 24.3 Å². The molecule has 2 rings (SSSR count). The summed E-state index contributed by atoms with van der Waals surface area (Å²) < 4.78 is 27.7. The fraction of sp³-hybridized carbons (Fsp3) is 0.417. The third-order valence-corrected chi connectivity index (χ3v) is 3.98. The van der Waals surface area contributed by atoms with Crippen molar-refractivity contribution in [2.45, 2.75) is 11.3 Å². The van der Waals surface area contributed by atoms with Crippen LogP contribution in [-0.2, 0) is 19.4 Å². The summed E-state index contributed by atoms with van der Waals surface area (Å²) in [5, 5.41) is 2.75. The van der Waals surface area contributed by atoms with E-state index in [1.807, 2.05) is 0 Å². The average Bonchev–Trinajstić information content (AvgIpc) is 2.82. The fourth-order valence-electron chi connectivity index (χ4n) is 1.77. The van der Waals surface area contributed by atoms with Gasteiger partial charge in [0.2, 0.25) is 5.91 Å². The van der Waals surface area contributed by atoms with Crippen LogP contribution < -0.4 is 5.32 Å². The molecular weight excluding hydrogens is 254 g/mol. The maximum atomic E-state index is 11.8. The maximum Gasteiger partial charge on any atom is 0.229 e. The van der Waals surface area contributed by atoms with Gasteiger partial charge in [-0.15, -0.1) is 0 Å². The van der Waals surface area contributed by atoms with Gasteiger partial charge in [-0.05, 0) is 30.7 Å². The fourth-order valence-corrected chi connectivity index (χ4v) is 2.40. The minimum absolute atomic E-state index is 0.0837. The van der Waals surface area contributed by atoms with Crippen LogP contribution in [0.1, 0.15) is 6.42 Å². The number of amides is 1. The molecule has 1 saturated heterocycles. The smallest absolute Gasteiger partial charge is 0.229 e. The van der Waals surface area contributed by atoms with Gasteiger partial charge < -0.3 is 10.1 Å². The molecule has 0 bridgehead atoms. The number of rotatable bonds is 3. The van der Waals surface area contributed by atoms with Crippen LogP contribution in [0.5, 0.6) is 0 Å². The van der Waals surface area contributed by atoms with E-state index in [1.54, 1.807) is 12.1 Å². The summed E-state index contributed by atoms with van der Waals surface area (Å²) >= 11 is 0. The van der Waals surface area contributed by atoms with Gasteiger partial charge >= 0.3 is 0 Å². The van der Waals surface area contributed by atoms with Crippen molar-refractivity contribution < 1.29 is 17.9 Å². The SMILES string of the molecule is CS(=O)(=O)c1ccc(NC(=O)C2CCOC2)cc1. The Kier molecular flexibility index (Phi) is 3.68. The molecule has 1 N–H and O–H groups in total. The van der Waals surface area contributed by atoms with Gasteiger partial charge in [0.1, 0.15) is 0 Å². The molecule has 0 aromatic heterocycles. The van der Waals surface area contributed by atoms with E-state index in [-0.39, 0.29) is 16.7 Å². The van der Waals surface area contributed by atoms with Gasteiger partial charge in [-0.3, -0.25) is 4.79 Å². The summed E-state index contributed by atoms with van der Waals surface area (Å²) in [4.78, 5) is 12.0. The van der Waals surface area contributed by atoms with E-state index < -0.39 is 9.84 Å². The highest BCUT2D eigenvalue weighted by Crippen LogP contribution is 2.17. The number of hydrogen-bond acceptors (Lipinski definition) is 4. The Balaban J connectivity index is 2.04. The first-order chi connectivity index (χ1) is 8.47. The van der Waals surface area contributed by atoms with E-state index in [9.17, 15) is 13.2 Å². The summed E-state index contributed by atoms with van der Waals surface area (Å²) in [5.74, 6) is -0.195. The monoisotopic (exact) mass is 269 g/mol. The standard InChI is InChI=1S/C12H15NO4S/c1-18(15,16)11-4-2-10(3-5-11)13-12(14)9-6-7-17-8-9/h2-5,9H,6-8H2,1H3,(H,13,14). The summed E-state index contributed by atoms with van der Waals surface area (Å²) in [6.07, 6.45) is 1.88. The van der Waals surface area contributed by atoms with Crippen LogP contribution in [0.15, 0.2) is 29.2 Å². The second-order valence-corrected chi connectivity index (χ2v) is 6.36. The van der Waals surface area contributed by atoms with Crippen molar-refractivity contribution >= 4 is 21.4 Å². The number of benzene rings is 1. The Morgan fingerprint density at radius 1 is 1.33 bits per heavy atom. The van der Waals surface area contributed by atoms with E-state index in [4.69, 9.17) is 4.74 Å². The third kappa shape index (κ3) is 3.08. The predicted octanol–water partition coefficient (Wildman–Crippen LogP) is 1.07. The van der Waals surface area contributed by atoms with Gasteiger partial charge in [0.05, 0.1) is 17.4 Å². The second-order valence-electron chi connectivity index (χ2n) is 4.35. The Morgan fingerprint density at radius 3 is 2.50 bits per heavy atom. The molecule has 18 heavy (non-hydrogen) atoms. The molecule has 1 unspecified atom stereocenters. The normalized spacial score (nSPS) is 19.7. The molecule has 0 aliphatic carbocycles. The van der Waals surface area contributed by atoms with Crippen LogP contribution in [0.4, 0.5) is 5.69 Å². The van der Waals surface area contributed by atoms with Crippen molar-refractivity contribution in [1.29, 1.82) is 0 Å². The van der Waals surface area contributed by atoms with Crippen LogP contribution >= 0.6 is 0 Å². The Morgan fingerprint density at radius 2 is 2.00 bits per heavy atom. The van der Waals surface area contributed by atoms with Gasteiger partial charge in [-0.1, -0.05) is 0 Å². The molecule has 1 amide bonds. The quantitative estimate of drug-likeness (QED) is 0.890. The zero-order chi connectivity index (χ0) is 13.2. The highest BCUT2D eigenvalue weighted by Gasteiger charge is 2.23. The largest absolute Gasteiger partial charge is 0.381 e. The molecular formula is C12H15NO4S. The first kappa shape index (κ1) is 13.0. The number of nitrogens with one attached hydrogen (secondary N) is 1. The highest BCUT2D eigenvalue weighted by atomic mass is 32.2. The average molecular weight is 269 g/mol. The van der Waals surface area contributed by atoms with Crippen molar-refractivity contribution in [2.24, 2.45) is 5.92 Å². The lowest BCUT2D eigenvalue weighted by atomic mass is 10.1. The van der Waals surface area contributed by atoms with Crippen LogP contribution in [0, 0.1) is 5.92 Å². The van der Waals surface area contributed by atoms with Crippen LogP contribution in [-0.4, -0.2) is 33.8 Å². The zero-order valence-electron chi connectivity index (χ0n) is 10.0. The van der Waals surface area contributed by atoms with Crippen LogP contribution in [0.2, 0.25) is 0 Å². The molecule has 1 aliphatic rings. The Bertz CT molecular complexity index is 530. The lowest BCUT2D eigenvalue weighted by molar-refractivity contribution is -0.119. The first-order valence-corrected chi connectivity index (χ1v) is 7.55. The Hall–Kier alpha value is -1.40. The van der Waals surface area contributed by atoms with Crippen molar-refractivity contribution in [3.63, 3.8) is 0 Å². The van der Waals surface area contributed by atoms with Crippen molar-refractivity contribution in [2.75, 3.05) is 24.8 Å². The second kappa shape index (κ2) is 5.07. The number of carbonyl (C=O) groups is 1. The summed E-state index contributed by atoms with van der Waals surface area (Å²) in [6, 6.07) is 6.14. The highest BCUT2D eigenvalue weighted by molar-refractivity contribution is 7.90. The number of anilines is 1. The van der Waals surface area contributed by atoms with Crippen molar-refractivity contribution in [3.8, 4) is 0 Å². The first-order valence-electron chi connectivity index (χ1n) is 5.65. The number of hydrogen-bond donors (Lipinski definition) is 1. The van der Waals surface area contributed by atoms with E-state index in [0.29, 0.717) is 18.9 Å². The molecule has 0 spiro atoms. The van der Waals surface area contributed by atoms with Crippen molar-refractivity contribution in [1.82, 2.24) is 0 Å². The molecule has 0 saturated carbocycles. The molecule has 1 fully saturated rings. The molecule has 98 valence electrons. The molecule has 0 radical (unpaired) electrons. The van der Waals surface area contributed by atoms with E-state index in [1.165, 1.54) is 12.1 Å². The molecule has 6 heteroatoms. The molecule has 1 aliphatic heterocycles. The maximum absolute atomic E-state index is 11.8. The minimum Gasteiger partial charge on any atom is -0.381 e. The van der Waals surface area contributed by atoms with Gasteiger partial charge in [0.15, 0.2) is 9.84 Å². The Labute approximate surface area is 106 Å². The van der Waals surface area contributed by atoms with Gasteiger partial charge in [-0.25, -0.2) is 8.42 Å². The molecule has 1 aromatic carbocycles. The number of ether oxygens (including phenoxy) is 1. The topological polar surface area (TPSA) is 72.5 Å². The third-order valence-electron chi connectivity index (χ3n) is 2.85. The lowest BCUT2D eigenvalue weighted by Gasteiger charge is -2.09. The minimum atomic E-state index is -3.20. The summed E-state index contributed by atoms with van der Waals surface area (Å²) in [5.41, 5.74) is 0.597. The van der Waals surface area contributed by atoms with Crippen LogP contribution in [0.25, 0.3) is 0 Å². The van der Waals surface area contributed by atoms with E-state index >= 15 is 0 Å². The van der Waals surface area contributed by atoms with Gasteiger partial charge in [0.25, 0.3) is 0 Å². The van der Waals surface area contributed by atoms with E-state index in [0.717, 1.165) is 12.7 Å². The molecule has 1 heterocycles. The summed E-state index contributed by atoms with van der Waals surface area (Å²) in [6.45, 7) is 1.07. The van der Waals surface area contributed by atoms with Crippen LogP contribution in [0.3, 0.4) is 0 Å². The van der Waals surface area contributed by atoms with E-state index in [2.05, 4.69) is 5.32 Å². The molecule has 5 nitrogen and oxygen atoms in total. The molecule has 1 atom stereocenters. The zero-order valence-corrected chi connectivity index (χ0v) is 10.9. The van der Waals surface area contributed by atoms with Gasteiger partial charge in [-0.2, -0.15) is 0 Å². The number of sulfone groups is 1. The summed E-state index contributed by atoms with van der Waals surface area (Å²) in [7, 11) is -3.20.